The molecule has 0 heterocycles. The Morgan fingerprint density at radius 2 is 1.33 bits per heavy atom. The molecule has 1 nitrogen and oxygen atoms in total. The maximum atomic E-state index is 5.29. The van der Waals surface area contributed by atoms with Crippen molar-refractivity contribution in [3.05, 3.63) is 84.4 Å². The summed E-state index contributed by atoms with van der Waals surface area (Å²) in [6.45, 7) is 0.739. The Bertz CT molecular complexity index is 1000. The molecule has 0 bridgehead atoms. The van der Waals surface area contributed by atoms with Gasteiger partial charge in [0, 0.05) is 7.11 Å². The molecule has 0 unspecified atom stereocenters. The van der Waals surface area contributed by atoms with Crippen LogP contribution in [0.2, 0.25) is 0 Å². The number of hydrogen-bond donors (Lipinski definition) is 0. The maximum absolute atomic E-state index is 5.29. The molecule has 118 valence electrons. The minimum Gasteiger partial charge on any atom is -0.384 e. The number of fused-ring (bicyclic) bond motifs is 3. The third-order valence-electron chi connectivity index (χ3n) is 4.65. The maximum Gasteiger partial charge on any atom is 0.0502 e. The Morgan fingerprint density at radius 3 is 2.17 bits per heavy atom. The number of hydrogen-bond acceptors (Lipinski definition) is 1. The van der Waals surface area contributed by atoms with Crippen molar-refractivity contribution in [2.24, 2.45) is 0 Å². The second kappa shape index (κ2) is 6.46. The summed E-state index contributed by atoms with van der Waals surface area (Å²) in [4.78, 5) is 0. The molecule has 0 saturated heterocycles. The lowest BCUT2D eigenvalue weighted by Crippen LogP contribution is -1.97. The van der Waals surface area contributed by atoms with E-state index in [1.807, 2.05) is 0 Å². The minimum atomic E-state index is 0.739. The van der Waals surface area contributed by atoms with E-state index in [4.69, 9.17) is 4.74 Å². The van der Waals surface area contributed by atoms with Crippen molar-refractivity contribution in [3.63, 3.8) is 0 Å². The first-order valence-corrected chi connectivity index (χ1v) is 8.36. The molecule has 1 heteroatoms. The fourth-order valence-corrected chi connectivity index (χ4v) is 3.49. The molecule has 4 aromatic carbocycles. The molecule has 0 fully saturated rings. The number of ether oxygens (including phenoxy) is 1. The molecule has 24 heavy (non-hydrogen) atoms. The van der Waals surface area contributed by atoms with E-state index < -0.39 is 0 Å². The van der Waals surface area contributed by atoms with Crippen molar-refractivity contribution in [3.8, 4) is 11.1 Å². The Morgan fingerprint density at radius 1 is 0.667 bits per heavy atom. The van der Waals surface area contributed by atoms with Crippen LogP contribution in [0.15, 0.2) is 78.9 Å². The van der Waals surface area contributed by atoms with Gasteiger partial charge in [-0.3, -0.25) is 0 Å². The lowest BCUT2D eigenvalue weighted by Gasteiger charge is -2.14. The second-order valence-corrected chi connectivity index (χ2v) is 6.09. The van der Waals surface area contributed by atoms with Crippen LogP contribution in [0, 0.1) is 0 Å². The monoisotopic (exact) mass is 312 g/mol. The second-order valence-electron chi connectivity index (χ2n) is 6.09. The third-order valence-corrected chi connectivity index (χ3v) is 4.65. The van der Waals surface area contributed by atoms with E-state index in [1.165, 1.54) is 38.2 Å². The van der Waals surface area contributed by atoms with Gasteiger partial charge in [-0.15, -0.1) is 0 Å². The largest absolute Gasteiger partial charge is 0.384 e. The molecule has 0 aliphatic heterocycles. The van der Waals surface area contributed by atoms with Gasteiger partial charge in [-0.1, -0.05) is 72.8 Å². The summed E-state index contributed by atoms with van der Waals surface area (Å²) in [6.07, 6.45) is 0.924. The van der Waals surface area contributed by atoms with Crippen LogP contribution in [0.1, 0.15) is 5.56 Å². The van der Waals surface area contributed by atoms with E-state index in [2.05, 4.69) is 78.9 Å². The van der Waals surface area contributed by atoms with Gasteiger partial charge in [0.05, 0.1) is 6.61 Å². The highest BCUT2D eigenvalue weighted by atomic mass is 16.5. The topological polar surface area (TPSA) is 9.23 Å². The Hall–Kier alpha value is -2.64. The zero-order valence-corrected chi connectivity index (χ0v) is 13.8. The van der Waals surface area contributed by atoms with Crippen LogP contribution in [0.4, 0.5) is 0 Å². The van der Waals surface area contributed by atoms with Crippen molar-refractivity contribution in [1.82, 2.24) is 0 Å². The van der Waals surface area contributed by atoms with E-state index in [0.29, 0.717) is 0 Å². The predicted octanol–water partition coefficient (Wildman–Crippen LogP) is 5.85. The number of benzene rings is 4. The Labute approximate surface area is 142 Å². The quantitative estimate of drug-likeness (QED) is 0.430. The number of rotatable bonds is 4. The van der Waals surface area contributed by atoms with Gasteiger partial charge >= 0.3 is 0 Å². The molecule has 4 rings (SSSR count). The average molecular weight is 312 g/mol. The van der Waals surface area contributed by atoms with Crippen molar-refractivity contribution in [2.45, 2.75) is 6.42 Å². The van der Waals surface area contributed by atoms with E-state index >= 15 is 0 Å². The van der Waals surface area contributed by atoms with E-state index in [0.717, 1.165) is 13.0 Å². The summed E-state index contributed by atoms with van der Waals surface area (Å²) in [5.74, 6) is 0. The van der Waals surface area contributed by atoms with Crippen LogP contribution in [0.5, 0.6) is 0 Å². The standard InChI is InChI=1S/C23H20O/c1-24-15-14-17-8-2-4-10-19(17)23-16-18-9-3-5-11-20(18)21-12-6-7-13-22(21)23/h2-13,16H,14-15H2,1H3. The molecule has 0 N–H and O–H groups in total. The Balaban J connectivity index is 2.03. The van der Waals surface area contributed by atoms with Gasteiger partial charge in [0.15, 0.2) is 0 Å². The molecule has 0 saturated carbocycles. The first kappa shape index (κ1) is 14.9. The van der Waals surface area contributed by atoms with Crippen molar-refractivity contribution in [2.75, 3.05) is 13.7 Å². The zero-order valence-electron chi connectivity index (χ0n) is 13.8. The van der Waals surface area contributed by atoms with Crippen LogP contribution >= 0.6 is 0 Å². The van der Waals surface area contributed by atoms with Gasteiger partial charge in [-0.05, 0) is 50.7 Å². The van der Waals surface area contributed by atoms with Crippen LogP contribution in [-0.4, -0.2) is 13.7 Å². The molecule has 0 radical (unpaired) electrons. The summed E-state index contributed by atoms with van der Waals surface area (Å²) in [6, 6.07) is 28.3. The molecule has 0 aromatic heterocycles. The van der Waals surface area contributed by atoms with Crippen LogP contribution < -0.4 is 0 Å². The van der Waals surface area contributed by atoms with Crippen molar-refractivity contribution < 1.29 is 4.74 Å². The molecule has 0 amide bonds. The van der Waals surface area contributed by atoms with Gasteiger partial charge < -0.3 is 4.74 Å². The Kier molecular flexibility index (Phi) is 4.02. The molecule has 0 aliphatic carbocycles. The number of methoxy groups -OCH3 is 1. The van der Waals surface area contributed by atoms with E-state index in [9.17, 15) is 0 Å². The first-order chi connectivity index (χ1) is 11.9. The summed E-state index contributed by atoms with van der Waals surface area (Å²) in [7, 11) is 1.76. The fourth-order valence-electron chi connectivity index (χ4n) is 3.49. The van der Waals surface area contributed by atoms with Gasteiger partial charge in [0.1, 0.15) is 0 Å². The highest BCUT2D eigenvalue weighted by Gasteiger charge is 2.11. The van der Waals surface area contributed by atoms with E-state index in [1.54, 1.807) is 7.11 Å². The van der Waals surface area contributed by atoms with Gasteiger partial charge in [0.25, 0.3) is 0 Å². The van der Waals surface area contributed by atoms with E-state index in [-0.39, 0.29) is 0 Å². The van der Waals surface area contributed by atoms with Crippen LogP contribution in [0.25, 0.3) is 32.7 Å². The van der Waals surface area contributed by atoms with Gasteiger partial charge in [-0.25, -0.2) is 0 Å². The first-order valence-electron chi connectivity index (χ1n) is 8.36. The van der Waals surface area contributed by atoms with Crippen LogP contribution in [-0.2, 0) is 11.2 Å². The lowest BCUT2D eigenvalue weighted by atomic mass is 9.90. The third kappa shape index (κ3) is 2.57. The molecule has 0 aliphatic rings. The predicted molar refractivity (Wildman–Crippen MR) is 102 cm³/mol. The smallest absolute Gasteiger partial charge is 0.0502 e. The highest BCUT2D eigenvalue weighted by Crippen LogP contribution is 2.36. The van der Waals surface area contributed by atoms with Gasteiger partial charge in [0.2, 0.25) is 0 Å². The SMILES string of the molecule is COCCc1ccccc1-c1cc2ccccc2c2ccccc12. The molecule has 4 aromatic rings. The fraction of sp³-hybridized carbons (Fsp3) is 0.130. The normalized spacial score (nSPS) is 11.2. The summed E-state index contributed by atoms with van der Waals surface area (Å²) in [5.41, 5.74) is 3.94. The average Bonchev–Trinajstić information content (AvgIpc) is 2.66. The van der Waals surface area contributed by atoms with Crippen LogP contribution in [0.3, 0.4) is 0 Å². The van der Waals surface area contributed by atoms with Gasteiger partial charge in [-0.2, -0.15) is 0 Å². The minimum absolute atomic E-state index is 0.739. The molecule has 0 spiro atoms. The zero-order chi connectivity index (χ0) is 16.4. The van der Waals surface area contributed by atoms with Crippen molar-refractivity contribution in [1.29, 1.82) is 0 Å². The summed E-state index contributed by atoms with van der Waals surface area (Å²) < 4.78 is 5.29. The highest BCUT2D eigenvalue weighted by molar-refractivity contribution is 6.13. The summed E-state index contributed by atoms with van der Waals surface area (Å²) in [5, 5.41) is 5.21. The molecular formula is C23H20O. The van der Waals surface area contributed by atoms with Crippen molar-refractivity contribution >= 4 is 21.5 Å². The molecular weight excluding hydrogens is 292 g/mol. The molecule has 0 atom stereocenters. The lowest BCUT2D eigenvalue weighted by molar-refractivity contribution is 0.202. The summed E-state index contributed by atoms with van der Waals surface area (Å²) >= 11 is 0.